The second-order valence-corrected chi connectivity index (χ2v) is 5.30. The number of hydrogen-bond donors (Lipinski definition) is 1. The van der Waals surface area contributed by atoms with Crippen LogP contribution in [0.1, 0.15) is 30.6 Å². The van der Waals surface area contributed by atoms with Gasteiger partial charge >= 0.3 is 5.97 Å². The van der Waals surface area contributed by atoms with Crippen molar-refractivity contribution in [3.05, 3.63) is 29.8 Å². The summed E-state index contributed by atoms with van der Waals surface area (Å²) in [6, 6.07) is 6.93. The van der Waals surface area contributed by atoms with E-state index in [1.54, 1.807) is 36.1 Å². The summed E-state index contributed by atoms with van der Waals surface area (Å²) in [5.74, 6) is -0.252. The van der Waals surface area contributed by atoms with E-state index in [-0.39, 0.29) is 12.5 Å². The molecule has 1 aliphatic heterocycles. The number of carbonyl (C=O) groups is 2. The van der Waals surface area contributed by atoms with E-state index in [2.05, 4.69) is 0 Å². The highest BCUT2D eigenvalue weighted by Crippen LogP contribution is 2.31. The Balaban J connectivity index is 2.07. The minimum atomic E-state index is -0.848. The third kappa shape index (κ3) is 2.76. The van der Waals surface area contributed by atoms with Crippen LogP contribution in [0.3, 0.4) is 0 Å². The summed E-state index contributed by atoms with van der Waals surface area (Å²) in [5, 5.41) is 9.18. The van der Waals surface area contributed by atoms with Crippen LogP contribution in [-0.2, 0) is 4.79 Å². The molecule has 5 heteroatoms. The lowest BCUT2D eigenvalue weighted by Gasteiger charge is -2.20. The molecular formula is C15H19NO4. The molecule has 0 spiro atoms. The molecular weight excluding hydrogens is 258 g/mol. The van der Waals surface area contributed by atoms with Crippen LogP contribution in [0.5, 0.6) is 5.75 Å². The average molecular weight is 277 g/mol. The quantitative estimate of drug-likeness (QED) is 0.914. The minimum absolute atomic E-state index is 0.127. The van der Waals surface area contributed by atoms with Crippen molar-refractivity contribution in [1.29, 1.82) is 0 Å². The predicted octanol–water partition coefficient (Wildman–Crippen LogP) is 2.02. The van der Waals surface area contributed by atoms with Gasteiger partial charge in [0.25, 0.3) is 5.91 Å². The Morgan fingerprint density at radius 2 is 2.00 bits per heavy atom. The van der Waals surface area contributed by atoms with Crippen LogP contribution in [-0.4, -0.2) is 41.6 Å². The molecule has 0 radical (unpaired) electrons. The summed E-state index contributed by atoms with van der Waals surface area (Å²) in [4.78, 5) is 25.1. The molecule has 5 nitrogen and oxygen atoms in total. The van der Waals surface area contributed by atoms with Gasteiger partial charge in [0.15, 0.2) is 0 Å². The summed E-state index contributed by atoms with van der Waals surface area (Å²) < 4.78 is 5.33. The number of nitrogens with zero attached hydrogens (tertiary/aromatic N) is 1. The van der Waals surface area contributed by atoms with Crippen LogP contribution in [0.2, 0.25) is 0 Å². The maximum atomic E-state index is 12.3. The molecule has 108 valence electrons. The predicted molar refractivity (Wildman–Crippen MR) is 73.9 cm³/mol. The maximum Gasteiger partial charge on any atom is 0.311 e. The fourth-order valence-corrected chi connectivity index (χ4v) is 2.35. The van der Waals surface area contributed by atoms with Crippen LogP contribution >= 0.6 is 0 Å². The van der Waals surface area contributed by atoms with Crippen molar-refractivity contribution in [2.24, 2.45) is 5.41 Å². The number of amides is 1. The van der Waals surface area contributed by atoms with Gasteiger partial charge < -0.3 is 14.7 Å². The zero-order valence-corrected chi connectivity index (χ0v) is 11.8. The van der Waals surface area contributed by atoms with Gasteiger partial charge in [0, 0.05) is 18.7 Å². The summed E-state index contributed by atoms with van der Waals surface area (Å²) in [6.07, 6.45) is 0.491. The molecule has 1 N–H and O–H groups in total. The van der Waals surface area contributed by atoms with Crippen molar-refractivity contribution in [3.8, 4) is 5.75 Å². The topological polar surface area (TPSA) is 66.8 Å². The molecule has 1 fully saturated rings. The zero-order chi connectivity index (χ0) is 14.8. The molecule has 0 aliphatic carbocycles. The molecule has 1 atom stereocenters. The lowest BCUT2D eigenvalue weighted by atomic mass is 9.90. The van der Waals surface area contributed by atoms with Crippen LogP contribution < -0.4 is 4.74 Å². The normalized spacial score (nSPS) is 21.8. The monoisotopic (exact) mass is 277 g/mol. The second-order valence-electron chi connectivity index (χ2n) is 5.30. The molecule has 0 saturated carbocycles. The Morgan fingerprint density at radius 1 is 1.35 bits per heavy atom. The van der Waals surface area contributed by atoms with E-state index in [0.29, 0.717) is 25.1 Å². The van der Waals surface area contributed by atoms with Gasteiger partial charge in [0.1, 0.15) is 5.75 Å². The lowest BCUT2D eigenvalue weighted by molar-refractivity contribution is -0.147. The molecule has 1 aromatic rings. The molecule has 0 bridgehead atoms. The summed E-state index contributed by atoms with van der Waals surface area (Å²) in [5.41, 5.74) is -0.274. The van der Waals surface area contributed by atoms with E-state index in [1.807, 2.05) is 6.92 Å². The number of benzene rings is 1. The molecule has 1 aromatic carbocycles. The van der Waals surface area contributed by atoms with Crippen molar-refractivity contribution in [2.45, 2.75) is 20.3 Å². The Labute approximate surface area is 118 Å². The van der Waals surface area contributed by atoms with Crippen molar-refractivity contribution < 1.29 is 19.4 Å². The number of aliphatic carboxylic acids is 1. The van der Waals surface area contributed by atoms with Gasteiger partial charge in [0.05, 0.1) is 12.0 Å². The van der Waals surface area contributed by atoms with Crippen LogP contribution in [0.25, 0.3) is 0 Å². The highest BCUT2D eigenvalue weighted by molar-refractivity contribution is 5.95. The molecule has 1 amide bonds. The largest absolute Gasteiger partial charge is 0.494 e. The minimum Gasteiger partial charge on any atom is -0.494 e. The molecule has 20 heavy (non-hydrogen) atoms. The summed E-state index contributed by atoms with van der Waals surface area (Å²) in [6.45, 7) is 4.90. The molecule has 2 rings (SSSR count). The molecule has 1 unspecified atom stereocenters. The first-order valence-corrected chi connectivity index (χ1v) is 6.72. The van der Waals surface area contributed by atoms with Gasteiger partial charge in [-0.15, -0.1) is 0 Å². The molecule has 1 aliphatic rings. The third-order valence-corrected chi connectivity index (χ3v) is 3.69. The van der Waals surface area contributed by atoms with Gasteiger partial charge in [0.2, 0.25) is 0 Å². The summed E-state index contributed by atoms with van der Waals surface area (Å²) in [7, 11) is 0. The van der Waals surface area contributed by atoms with E-state index in [9.17, 15) is 14.7 Å². The van der Waals surface area contributed by atoms with Gasteiger partial charge in [-0.2, -0.15) is 0 Å². The van der Waals surface area contributed by atoms with Gasteiger partial charge in [-0.1, -0.05) is 0 Å². The lowest BCUT2D eigenvalue weighted by Crippen LogP contribution is -2.34. The SMILES string of the molecule is CCOc1ccc(C(=O)N2CCC(C)(C(=O)O)C2)cc1. The fourth-order valence-electron chi connectivity index (χ4n) is 2.35. The number of likely N-dealkylation sites (tertiary alicyclic amines) is 1. The van der Waals surface area contributed by atoms with Crippen LogP contribution in [0.4, 0.5) is 0 Å². The number of carbonyl (C=O) groups excluding carboxylic acids is 1. The van der Waals surface area contributed by atoms with Gasteiger partial charge in [-0.25, -0.2) is 0 Å². The van der Waals surface area contributed by atoms with Crippen molar-refractivity contribution in [3.63, 3.8) is 0 Å². The van der Waals surface area contributed by atoms with Crippen molar-refractivity contribution >= 4 is 11.9 Å². The van der Waals surface area contributed by atoms with E-state index in [1.165, 1.54) is 0 Å². The molecule has 0 aromatic heterocycles. The average Bonchev–Trinajstić information content (AvgIpc) is 2.83. The Bertz CT molecular complexity index is 511. The van der Waals surface area contributed by atoms with Gasteiger partial charge in [-0.05, 0) is 44.5 Å². The highest BCUT2D eigenvalue weighted by Gasteiger charge is 2.42. The fraction of sp³-hybridized carbons (Fsp3) is 0.467. The van der Waals surface area contributed by atoms with Crippen LogP contribution in [0, 0.1) is 5.41 Å². The first kappa shape index (κ1) is 14.4. The second kappa shape index (κ2) is 5.53. The van der Waals surface area contributed by atoms with Gasteiger partial charge in [-0.3, -0.25) is 9.59 Å². The Hall–Kier alpha value is -2.04. The maximum absolute atomic E-state index is 12.3. The van der Waals surface area contributed by atoms with Crippen molar-refractivity contribution in [2.75, 3.05) is 19.7 Å². The van der Waals surface area contributed by atoms with E-state index < -0.39 is 11.4 Å². The van der Waals surface area contributed by atoms with Crippen molar-refractivity contribution in [1.82, 2.24) is 4.90 Å². The van der Waals surface area contributed by atoms with Crippen LogP contribution in [0.15, 0.2) is 24.3 Å². The number of carboxylic acids is 1. The van der Waals surface area contributed by atoms with E-state index in [0.717, 1.165) is 5.75 Å². The number of carboxylic acid groups (broad SMARTS) is 1. The number of hydrogen-bond acceptors (Lipinski definition) is 3. The summed E-state index contributed by atoms with van der Waals surface area (Å²) >= 11 is 0. The zero-order valence-electron chi connectivity index (χ0n) is 11.8. The third-order valence-electron chi connectivity index (χ3n) is 3.69. The van der Waals surface area contributed by atoms with E-state index in [4.69, 9.17) is 4.74 Å². The first-order chi connectivity index (χ1) is 9.46. The smallest absolute Gasteiger partial charge is 0.311 e. The number of rotatable bonds is 4. The Morgan fingerprint density at radius 3 is 2.50 bits per heavy atom. The van der Waals surface area contributed by atoms with E-state index >= 15 is 0 Å². The Kier molecular flexibility index (Phi) is 3.97. The first-order valence-electron chi connectivity index (χ1n) is 6.72. The molecule has 1 heterocycles. The molecule has 1 saturated heterocycles. The highest BCUT2D eigenvalue weighted by atomic mass is 16.5. The number of ether oxygens (including phenoxy) is 1. The standard InChI is InChI=1S/C15H19NO4/c1-3-20-12-6-4-11(5-7-12)13(17)16-9-8-15(2,10-16)14(18)19/h4-7H,3,8-10H2,1-2H3,(H,18,19).